The summed E-state index contributed by atoms with van der Waals surface area (Å²) >= 11 is 0. The minimum atomic E-state index is -5.08. The van der Waals surface area contributed by atoms with E-state index in [1.165, 1.54) is 23.8 Å². The van der Waals surface area contributed by atoms with Gasteiger partial charge in [-0.1, -0.05) is 60.2 Å². The number of carboxylic acid groups (broad SMARTS) is 1. The van der Waals surface area contributed by atoms with Gasteiger partial charge in [0.25, 0.3) is 0 Å². The van der Waals surface area contributed by atoms with Gasteiger partial charge in [-0.15, -0.1) is 0 Å². The fourth-order valence-corrected chi connectivity index (χ4v) is 3.40. The van der Waals surface area contributed by atoms with Gasteiger partial charge in [-0.05, 0) is 18.1 Å². The summed E-state index contributed by atoms with van der Waals surface area (Å²) in [5.74, 6) is -2.75. The highest BCUT2D eigenvalue weighted by Crippen LogP contribution is 2.34. The van der Waals surface area contributed by atoms with E-state index in [1.807, 2.05) is 6.07 Å². The fourth-order valence-electron chi connectivity index (χ4n) is 3.40. The molecular formula is C22H24F3NO4. The number of nitrogens with zero attached hydrogens (tertiary/aromatic N) is 1. The van der Waals surface area contributed by atoms with Crippen molar-refractivity contribution in [3.63, 3.8) is 0 Å². The standard InChI is InChI=1S/C20H23NO2.C2HF3O2/c1-15-8-10-17(11-9-15)18-13-21(14-19(18)20(22)23-2)12-16-6-4-3-5-7-16;3-2(4,5)1(6)7/h3-11,18-19H,12-14H2,1-2H3;(H,6,7)/t18-,19+;/m1./s1. The zero-order chi connectivity index (χ0) is 22.3. The van der Waals surface area contributed by atoms with Gasteiger partial charge in [-0.25, -0.2) is 4.79 Å². The number of esters is 1. The van der Waals surface area contributed by atoms with Crippen LogP contribution in [-0.4, -0.2) is 48.3 Å². The van der Waals surface area contributed by atoms with Crippen molar-refractivity contribution in [2.75, 3.05) is 20.2 Å². The lowest BCUT2D eigenvalue weighted by Gasteiger charge is -2.17. The minimum Gasteiger partial charge on any atom is -0.475 e. The molecule has 8 heteroatoms. The smallest absolute Gasteiger partial charge is 0.475 e. The van der Waals surface area contributed by atoms with E-state index in [0.717, 1.165) is 19.6 Å². The molecule has 5 nitrogen and oxygen atoms in total. The molecule has 2 aromatic carbocycles. The van der Waals surface area contributed by atoms with Gasteiger partial charge in [0.1, 0.15) is 0 Å². The highest BCUT2D eigenvalue weighted by atomic mass is 19.4. The molecule has 0 saturated carbocycles. The summed E-state index contributed by atoms with van der Waals surface area (Å²) in [4.78, 5) is 23.5. The fraction of sp³-hybridized carbons (Fsp3) is 0.364. The Labute approximate surface area is 173 Å². The summed E-state index contributed by atoms with van der Waals surface area (Å²) in [5, 5.41) is 7.12. The van der Waals surface area contributed by atoms with Gasteiger partial charge in [-0.3, -0.25) is 9.69 Å². The molecule has 2 aromatic rings. The average molecular weight is 423 g/mol. The molecule has 1 saturated heterocycles. The number of alkyl halides is 3. The highest BCUT2D eigenvalue weighted by Gasteiger charge is 2.39. The predicted molar refractivity (Wildman–Crippen MR) is 105 cm³/mol. The van der Waals surface area contributed by atoms with E-state index in [2.05, 4.69) is 60.4 Å². The maximum atomic E-state index is 12.2. The number of aryl methyl sites for hydroxylation is 1. The van der Waals surface area contributed by atoms with Gasteiger partial charge in [0.15, 0.2) is 0 Å². The van der Waals surface area contributed by atoms with E-state index in [4.69, 9.17) is 14.6 Å². The number of benzene rings is 2. The Morgan fingerprint density at radius 2 is 1.63 bits per heavy atom. The number of hydrogen-bond acceptors (Lipinski definition) is 4. The van der Waals surface area contributed by atoms with Gasteiger partial charge in [0, 0.05) is 25.6 Å². The molecule has 0 aliphatic carbocycles. The zero-order valence-corrected chi connectivity index (χ0v) is 16.7. The second kappa shape index (κ2) is 10.2. The molecule has 0 amide bonds. The number of rotatable bonds is 4. The van der Waals surface area contributed by atoms with Crippen LogP contribution in [0.5, 0.6) is 0 Å². The summed E-state index contributed by atoms with van der Waals surface area (Å²) in [6.45, 7) is 4.59. The molecule has 1 aliphatic rings. The summed E-state index contributed by atoms with van der Waals surface area (Å²) < 4.78 is 36.8. The van der Waals surface area contributed by atoms with E-state index in [1.54, 1.807) is 0 Å². The number of halogens is 3. The van der Waals surface area contributed by atoms with Crippen LogP contribution in [0.1, 0.15) is 22.6 Å². The van der Waals surface area contributed by atoms with E-state index < -0.39 is 12.1 Å². The Morgan fingerprint density at radius 1 is 1.07 bits per heavy atom. The first-order valence-corrected chi connectivity index (χ1v) is 9.32. The summed E-state index contributed by atoms with van der Waals surface area (Å²) in [7, 11) is 1.48. The van der Waals surface area contributed by atoms with Gasteiger partial charge >= 0.3 is 18.1 Å². The topological polar surface area (TPSA) is 66.8 Å². The summed E-state index contributed by atoms with van der Waals surface area (Å²) in [5.41, 5.74) is 3.74. The highest BCUT2D eigenvalue weighted by molar-refractivity contribution is 5.74. The zero-order valence-electron chi connectivity index (χ0n) is 16.7. The number of carbonyl (C=O) groups is 2. The number of methoxy groups -OCH3 is 1. The van der Waals surface area contributed by atoms with Crippen LogP contribution in [0.2, 0.25) is 0 Å². The molecule has 1 N–H and O–H groups in total. The van der Waals surface area contributed by atoms with Crippen LogP contribution < -0.4 is 0 Å². The first-order chi connectivity index (χ1) is 14.1. The first-order valence-electron chi connectivity index (χ1n) is 9.32. The number of carboxylic acids is 1. The number of hydrogen-bond donors (Lipinski definition) is 1. The van der Waals surface area contributed by atoms with Gasteiger partial charge in [0.05, 0.1) is 13.0 Å². The molecule has 162 valence electrons. The quantitative estimate of drug-likeness (QED) is 0.753. The van der Waals surface area contributed by atoms with Gasteiger partial charge in [0.2, 0.25) is 0 Å². The Balaban J connectivity index is 0.000000396. The first kappa shape index (κ1) is 23.4. The van der Waals surface area contributed by atoms with Crippen LogP contribution >= 0.6 is 0 Å². The normalized spacial score (nSPS) is 19.0. The Morgan fingerprint density at radius 3 is 2.13 bits per heavy atom. The largest absolute Gasteiger partial charge is 0.490 e. The van der Waals surface area contributed by atoms with E-state index in [9.17, 15) is 18.0 Å². The molecule has 0 bridgehead atoms. The molecule has 0 radical (unpaired) electrons. The lowest BCUT2D eigenvalue weighted by atomic mass is 9.88. The number of carbonyl (C=O) groups excluding carboxylic acids is 1. The molecule has 0 unspecified atom stereocenters. The molecule has 0 spiro atoms. The Kier molecular flexibility index (Phi) is 8.00. The third kappa shape index (κ3) is 6.59. The van der Waals surface area contributed by atoms with Crippen LogP contribution in [0.25, 0.3) is 0 Å². The van der Waals surface area contributed by atoms with Crippen molar-refractivity contribution in [3.05, 3.63) is 71.3 Å². The van der Waals surface area contributed by atoms with Crippen LogP contribution in [0.4, 0.5) is 13.2 Å². The van der Waals surface area contributed by atoms with E-state index >= 15 is 0 Å². The van der Waals surface area contributed by atoms with Crippen LogP contribution in [0, 0.1) is 12.8 Å². The van der Waals surface area contributed by atoms with Crippen molar-refractivity contribution in [3.8, 4) is 0 Å². The van der Waals surface area contributed by atoms with Crippen molar-refractivity contribution in [1.29, 1.82) is 0 Å². The van der Waals surface area contributed by atoms with Crippen molar-refractivity contribution in [2.24, 2.45) is 5.92 Å². The lowest BCUT2D eigenvalue weighted by Crippen LogP contribution is -2.24. The molecule has 1 aliphatic heterocycles. The predicted octanol–water partition coefficient (Wildman–Crippen LogP) is 4.02. The second-order valence-electron chi connectivity index (χ2n) is 7.13. The molecule has 2 atom stereocenters. The third-order valence-corrected chi connectivity index (χ3v) is 4.90. The summed E-state index contributed by atoms with van der Waals surface area (Å²) in [6.07, 6.45) is -5.08. The molecule has 30 heavy (non-hydrogen) atoms. The SMILES string of the molecule is COC(=O)[C@H]1CN(Cc2ccccc2)C[C@@H]1c1ccc(C)cc1.O=C(O)C(F)(F)F. The maximum Gasteiger partial charge on any atom is 0.490 e. The molecular weight excluding hydrogens is 399 g/mol. The summed E-state index contributed by atoms with van der Waals surface area (Å²) in [6, 6.07) is 18.9. The van der Waals surface area contributed by atoms with Crippen LogP contribution in [-0.2, 0) is 20.9 Å². The van der Waals surface area contributed by atoms with Crippen molar-refractivity contribution >= 4 is 11.9 Å². The lowest BCUT2D eigenvalue weighted by molar-refractivity contribution is -0.192. The molecule has 3 rings (SSSR count). The van der Waals surface area contributed by atoms with E-state index in [0.29, 0.717) is 0 Å². The van der Waals surface area contributed by atoms with Crippen molar-refractivity contribution < 1.29 is 32.6 Å². The number of likely N-dealkylation sites (tertiary alicyclic amines) is 1. The molecule has 1 heterocycles. The Bertz CT molecular complexity index is 838. The molecule has 0 aromatic heterocycles. The second-order valence-corrected chi connectivity index (χ2v) is 7.13. The van der Waals surface area contributed by atoms with Gasteiger partial charge in [-0.2, -0.15) is 13.2 Å². The Hall–Kier alpha value is -2.87. The average Bonchev–Trinajstić information content (AvgIpc) is 3.12. The van der Waals surface area contributed by atoms with Crippen molar-refractivity contribution in [1.82, 2.24) is 4.90 Å². The van der Waals surface area contributed by atoms with E-state index in [-0.39, 0.29) is 17.8 Å². The third-order valence-electron chi connectivity index (χ3n) is 4.90. The van der Waals surface area contributed by atoms with Crippen LogP contribution in [0.15, 0.2) is 54.6 Å². The molecule has 1 fully saturated rings. The monoisotopic (exact) mass is 423 g/mol. The maximum absolute atomic E-state index is 12.2. The van der Waals surface area contributed by atoms with Crippen molar-refractivity contribution in [2.45, 2.75) is 25.6 Å². The van der Waals surface area contributed by atoms with Crippen LogP contribution in [0.3, 0.4) is 0 Å². The number of ether oxygens (including phenoxy) is 1. The minimum absolute atomic E-state index is 0.0913. The van der Waals surface area contributed by atoms with Gasteiger partial charge < -0.3 is 9.84 Å². The number of aliphatic carboxylic acids is 1.